The molecule has 2 rings (SSSR count). The molecule has 2 aromatic rings. The van der Waals surface area contributed by atoms with Crippen molar-refractivity contribution in [3.05, 3.63) is 59.4 Å². The van der Waals surface area contributed by atoms with Crippen LogP contribution in [0.3, 0.4) is 0 Å². The maximum absolute atomic E-state index is 13.7. The van der Waals surface area contributed by atoms with Gasteiger partial charge in [-0.15, -0.1) is 0 Å². The molecule has 1 amide bonds. The predicted molar refractivity (Wildman–Crippen MR) is 76.5 cm³/mol. The number of methoxy groups -OCH3 is 1. The largest absolute Gasteiger partial charge is 0.465 e. The first-order valence-corrected chi connectivity index (χ1v) is 6.06. The number of nitrogens with two attached hydrogens (primary N) is 1. The summed E-state index contributed by atoms with van der Waals surface area (Å²) in [6.45, 7) is 0. The van der Waals surface area contributed by atoms with Crippen LogP contribution in [-0.4, -0.2) is 19.0 Å². The zero-order valence-corrected chi connectivity index (χ0v) is 11.2. The number of benzene rings is 2. The number of rotatable bonds is 3. The predicted octanol–water partition coefficient (Wildman–Crippen LogP) is 2.45. The van der Waals surface area contributed by atoms with Gasteiger partial charge in [-0.3, -0.25) is 4.79 Å². The van der Waals surface area contributed by atoms with E-state index in [9.17, 15) is 14.0 Å². The van der Waals surface area contributed by atoms with Crippen LogP contribution in [-0.2, 0) is 4.74 Å². The van der Waals surface area contributed by atoms with Gasteiger partial charge in [0, 0.05) is 5.69 Å². The highest BCUT2D eigenvalue weighted by Gasteiger charge is 2.14. The monoisotopic (exact) mass is 288 g/mol. The molecule has 0 heterocycles. The smallest absolute Gasteiger partial charge is 0.337 e. The summed E-state index contributed by atoms with van der Waals surface area (Å²) in [4.78, 5) is 23.5. The summed E-state index contributed by atoms with van der Waals surface area (Å²) < 4.78 is 18.3. The molecule has 0 saturated heterocycles. The molecule has 6 heteroatoms. The third kappa shape index (κ3) is 3.17. The van der Waals surface area contributed by atoms with Gasteiger partial charge in [-0.1, -0.05) is 12.1 Å². The van der Waals surface area contributed by atoms with Crippen molar-refractivity contribution in [3.63, 3.8) is 0 Å². The van der Waals surface area contributed by atoms with Gasteiger partial charge in [0.2, 0.25) is 0 Å². The molecule has 0 bridgehead atoms. The lowest BCUT2D eigenvalue weighted by molar-refractivity contribution is 0.0600. The number of nitrogens with one attached hydrogen (secondary N) is 1. The minimum atomic E-state index is -0.662. The second-order valence-electron chi connectivity index (χ2n) is 4.23. The Balaban J connectivity index is 2.29. The van der Waals surface area contributed by atoms with Crippen molar-refractivity contribution in [1.29, 1.82) is 0 Å². The Morgan fingerprint density at radius 3 is 2.57 bits per heavy atom. The fraction of sp³-hybridized carbons (Fsp3) is 0.0667. The summed E-state index contributed by atoms with van der Waals surface area (Å²) in [5.41, 5.74) is 6.20. The molecule has 0 unspecified atom stereocenters. The number of anilines is 2. The molecule has 0 saturated carbocycles. The molecule has 0 aliphatic heterocycles. The Hall–Kier alpha value is -2.89. The molecule has 0 atom stereocenters. The number of carbonyl (C=O) groups excluding carboxylic acids is 2. The third-order valence-corrected chi connectivity index (χ3v) is 2.84. The maximum Gasteiger partial charge on any atom is 0.337 e. The number of para-hydroxylation sites is 1. The van der Waals surface area contributed by atoms with E-state index in [4.69, 9.17) is 5.73 Å². The van der Waals surface area contributed by atoms with E-state index >= 15 is 0 Å². The Bertz CT molecular complexity index is 701. The van der Waals surface area contributed by atoms with E-state index in [0.717, 1.165) is 6.07 Å². The summed E-state index contributed by atoms with van der Waals surface area (Å²) in [5, 5.41) is 2.38. The fourth-order valence-electron chi connectivity index (χ4n) is 1.76. The van der Waals surface area contributed by atoms with E-state index in [-0.39, 0.29) is 22.5 Å². The minimum Gasteiger partial charge on any atom is -0.465 e. The highest BCUT2D eigenvalue weighted by Crippen LogP contribution is 2.19. The quantitative estimate of drug-likeness (QED) is 0.671. The molecule has 0 radical (unpaired) electrons. The average molecular weight is 288 g/mol. The minimum absolute atomic E-state index is 0.119. The lowest BCUT2D eigenvalue weighted by atomic mass is 10.1. The lowest BCUT2D eigenvalue weighted by Crippen LogP contribution is -2.15. The topological polar surface area (TPSA) is 81.4 Å². The molecule has 2 aromatic carbocycles. The average Bonchev–Trinajstić information content (AvgIpc) is 2.49. The summed E-state index contributed by atoms with van der Waals surface area (Å²) in [6, 6.07) is 9.97. The Morgan fingerprint density at radius 1 is 1.19 bits per heavy atom. The van der Waals surface area contributed by atoms with Crippen molar-refractivity contribution in [2.45, 2.75) is 0 Å². The van der Waals surface area contributed by atoms with Gasteiger partial charge in [0.1, 0.15) is 5.82 Å². The second kappa shape index (κ2) is 6.04. The van der Waals surface area contributed by atoms with Crippen LogP contribution in [0.4, 0.5) is 15.8 Å². The van der Waals surface area contributed by atoms with Crippen molar-refractivity contribution in [1.82, 2.24) is 0 Å². The number of halogens is 1. The molecule has 0 aromatic heterocycles. The molecular formula is C15H13FN2O3. The summed E-state index contributed by atoms with van der Waals surface area (Å²) >= 11 is 0. The van der Waals surface area contributed by atoms with E-state index in [2.05, 4.69) is 10.1 Å². The fourth-order valence-corrected chi connectivity index (χ4v) is 1.76. The molecular weight excluding hydrogens is 275 g/mol. The standard InChI is InChI=1S/C15H13FN2O3/c1-21-15(20)9-6-7-11(16)13(8-9)18-14(19)10-4-2-3-5-12(10)17/h2-8H,17H2,1H3,(H,18,19). The van der Waals surface area contributed by atoms with Crippen molar-refractivity contribution in [3.8, 4) is 0 Å². The SMILES string of the molecule is COC(=O)c1ccc(F)c(NC(=O)c2ccccc2N)c1. The lowest BCUT2D eigenvalue weighted by Gasteiger charge is -2.09. The maximum atomic E-state index is 13.7. The van der Waals surface area contributed by atoms with E-state index < -0.39 is 17.7 Å². The molecule has 5 nitrogen and oxygen atoms in total. The summed E-state index contributed by atoms with van der Waals surface area (Å²) in [6.07, 6.45) is 0. The Kier molecular flexibility index (Phi) is 4.18. The van der Waals surface area contributed by atoms with E-state index in [1.807, 2.05) is 0 Å². The van der Waals surface area contributed by atoms with Crippen LogP contribution in [0, 0.1) is 5.82 Å². The van der Waals surface area contributed by atoms with E-state index in [1.165, 1.54) is 25.3 Å². The van der Waals surface area contributed by atoms with Gasteiger partial charge >= 0.3 is 5.97 Å². The van der Waals surface area contributed by atoms with Crippen molar-refractivity contribution >= 4 is 23.3 Å². The van der Waals surface area contributed by atoms with Crippen LogP contribution < -0.4 is 11.1 Å². The summed E-state index contributed by atoms with van der Waals surface area (Å²) in [5.74, 6) is -1.84. The molecule has 0 spiro atoms. The van der Waals surface area contributed by atoms with Crippen LogP contribution in [0.25, 0.3) is 0 Å². The second-order valence-corrected chi connectivity index (χ2v) is 4.23. The summed E-state index contributed by atoms with van der Waals surface area (Å²) in [7, 11) is 1.22. The number of ether oxygens (including phenoxy) is 1. The first-order valence-electron chi connectivity index (χ1n) is 6.06. The van der Waals surface area contributed by atoms with Crippen LogP contribution in [0.15, 0.2) is 42.5 Å². The molecule has 0 aliphatic carbocycles. The van der Waals surface area contributed by atoms with Gasteiger partial charge in [-0.25, -0.2) is 9.18 Å². The van der Waals surface area contributed by atoms with Crippen LogP contribution in [0.5, 0.6) is 0 Å². The zero-order valence-electron chi connectivity index (χ0n) is 11.2. The van der Waals surface area contributed by atoms with Gasteiger partial charge in [0.15, 0.2) is 0 Å². The number of carbonyl (C=O) groups is 2. The molecule has 21 heavy (non-hydrogen) atoms. The Labute approximate surface area is 120 Å². The van der Waals surface area contributed by atoms with Crippen LogP contribution >= 0.6 is 0 Å². The number of amides is 1. The van der Waals surface area contributed by atoms with Gasteiger partial charge in [-0.05, 0) is 30.3 Å². The molecule has 3 N–H and O–H groups in total. The number of nitrogen functional groups attached to an aromatic ring is 1. The first-order chi connectivity index (χ1) is 10.0. The zero-order chi connectivity index (χ0) is 15.4. The number of esters is 1. The van der Waals surface area contributed by atoms with E-state index in [1.54, 1.807) is 18.2 Å². The number of hydrogen-bond donors (Lipinski definition) is 2. The van der Waals surface area contributed by atoms with Gasteiger partial charge < -0.3 is 15.8 Å². The normalized spacial score (nSPS) is 10.0. The van der Waals surface area contributed by atoms with E-state index in [0.29, 0.717) is 0 Å². The van der Waals surface area contributed by atoms with Crippen LogP contribution in [0.1, 0.15) is 20.7 Å². The highest BCUT2D eigenvalue weighted by atomic mass is 19.1. The molecule has 0 aliphatic rings. The Morgan fingerprint density at radius 2 is 1.90 bits per heavy atom. The van der Waals surface area contributed by atoms with Crippen LogP contribution in [0.2, 0.25) is 0 Å². The van der Waals surface area contributed by atoms with Crippen molar-refractivity contribution < 1.29 is 18.7 Å². The van der Waals surface area contributed by atoms with Gasteiger partial charge in [-0.2, -0.15) is 0 Å². The van der Waals surface area contributed by atoms with Gasteiger partial charge in [0.25, 0.3) is 5.91 Å². The van der Waals surface area contributed by atoms with Crippen molar-refractivity contribution in [2.75, 3.05) is 18.2 Å². The number of hydrogen-bond acceptors (Lipinski definition) is 4. The molecule has 108 valence electrons. The van der Waals surface area contributed by atoms with Crippen molar-refractivity contribution in [2.24, 2.45) is 0 Å². The molecule has 0 fully saturated rings. The first kappa shape index (κ1) is 14.5. The highest BCUT2D eigenvalue weighted by molar-refractivity contribution is 6.08. The van der Waals surface area contributed by atoms with Gasteiger partial charge in [0.05, 0.1) is 23.9 Å². The third-order valence-electron chi connectivity index (χ3n) is 2.84.